The highest BCUT2D eigenvalue weighted by atomic mass is 16.7. The van der Waals surface area contributed by atoms with Crippen LogP contribution in [0.1, 0.15) is 30.9 Å². The molecule has 2 aliphatic heterocycles. The van der Waals surface area contributed by atoms with Gasteiger partial charge in [-0.2, -0.15) is 0 Å². The summed E-state index contributed by atoms with van der Waals surface area (Å²) in [7, 11) is 3.82. The van der Waals surface area contributed by atoms with Gasteiger partial charge in [0.05, 0.1) is 17.4 Å². The van der Waals surface area contributed by atoms with Crippen molar-refractivity contribution in [3.63, 3.8) is 0 Å². The third kappa shape index (κ3) is 2.87. The zero-order valence-corrected chi connectivity index (χ0v) is 19.8. The molecule has 2 aromatic carbocycles. The van der Waals surface area contributed by atoms with E-state index in [9.17, 15) is 14.9 Å². The molecule has 1 spiro atoms. The van der Waals surface area contributed by atoms with Gasteiger partial charge in [0, 0.05) is 29.2 Å². The molecule has 4 aliphatic rings. The summed E-state index contributed by atoms with van der Waals surface area (Å²) in [5.41, 5.74) is 1.90. The Morgan fingerprint density at radius 2 is 1.97 bits per heavy atom. The number of likely N-dealkylation sites (tertiary alicyclic amines) is 1. The number of benzene rings is 2. The number of carbonyl (C=O) groups excluding carboxylic acids is 1. The van der Waals surface area contributed by atoms with Crippen molar-refractivity contribution < 1.29 is 28.7 Å². The highest BCUT2D eigenvalue weighted by Gasteiger charge is 2.70. The number of nitrogens with zero attached hydrogens (tertiary/aromatic N) is 2. The lowest BCUT2D eigenvalue weighted by molar-refractivity contribution is -0.384. The summed E-state index contributed by atoms with van der Waals surface area (Å²) in [4.78, 5) is 25.5. The zero-order valence-electron chi connectivity index (χ0n) is 19.8. The summed E-state index contributed by atoms with van der Waals surface area (Å²) in [5, 5.41) is 10.9. The van der Waals surface area contributed by atoms with Gasteiger partial charge in [-0.1, -0.05) is 13.0 Å². The van der Waals surface area contributed by atoms with Crippen LogP contribution in [0.5, 0.6) is 17.2 Å². The van der Waals surface area contributed by atoms with Gasteiger partial charge in [0.25, 0.3) is 5.69 Å². The highest BCUT2D eigenvalue weighted by Crippen LogP contribution is 2.68. The average molecular weight is 479 g/mol. The van der Waals surface area contributed by atoms with E-state index in [1.54, 1.807) is 7.11 Å². The number of likely N-dealkylation sites (N-methyl/N-ethyl adjacent to an activating group) is 1. The van der Waals surface area contributed by atoms with Gasteiger partial charge in [0.15, 0.2) is 17.6 Å². The fraction of sp³-hybridized carbons (Fsp3) is 0.423. The predicted molar refractivity (Wildman–Crippen MR) is 125 cm³/mol. The average Bonchev–Trinajstić information content (AvgIpc) is 3.19. The maximum atomic E-state index is 12.7. The van der Waals surface area contributed by atoms with Gasteiger partial charge in [-0.25, -0.2) is 4.79 Å². The van der Waals surface area contributed by atoms with Crippen molar-refractivity contribution >= 4 is 11.8 Å². The van der Waals surface area contributed by atoms with E-state index in [4.69, 9.17) is 18.9 Å². The van der Waals surface area contributed by atoms with Gasteiger partial charge in [-0.3, -0.25) is 10.1 Å². The Bertz CT molecular complexity index is 1270. The van der Waals surface area contributed by atoms with Crippen LogP contribution in [-0.4, -0.2) is 48.8 Å². The van der Waals surface area contributed by atoms with Crippen molar-refractivity contribution in [1.82, 2.24) is 4.90 Å². The number of allylic oxidation sites excluding steroid dienone is 1. The third-order valence-electron chi connectivity index (χ3n) is 8.55. The largest absolute Gasteiger partial charge is 0.519 e. The van der Waals surface area contributed by atoms with Gasteiger partial charge < -0.3 is 23.8 Å². The molecule has 0 aromatic heterocycles. The van der Waals surface area contributed by atoms with Crippen LogP contribution in [0.4, 0.5) is 10.5 Å². The molecule has 1 fully saturated rings. The first kappa shape index (κ1) is 21.9. The molecule has 6 rings (SSSR count). The molecular formula is C26H26N2O7. The molecule has 2 heterocycles. The predicted octanol–water partition coefficient (Wildman–Crippen LogP) is 4.37. The number of ether oxygens (including phenoxy) is 4. The minimum absolute atomic E-state index is 0.0879. The summed E-state index contributed by atoms with van der Waals surface area (Å²) in [5.74, 6) is 2.02. The Morgan fingerprint density at radius 3 is 2.69 bits per heavy atom. The molecule has 9 nitrogen and oxygen atoms in total. The van der Waals surface area contributed by atoms with Gasteiger partial charge in [-0.15, -0.1) is 0 Å². The Balaban J connectivity index is 1.35. The maximum absolute atomic E-state index is 12.7. The minimum atomic E-state index is -0.905. The number of rotatable bonds is 4. The van der Waals surface area contributed by atoms with Gasteiger partial charge in [0.2, 0.25) is 0 Å². The van der Waals surface area contributed by atoms with Crippen molar-refractivity contribution in [1.29, 1.82) is 0 Å². The van der Waals surface area contributed by atoms with Crippen LogP contribution in [0.15, 0.2) is 48.2 Å². The topological polar surface area (TPSA) is 100 Å². The van der Waals surface area contributed by atoms with E-state index < -0.39 is 17.2 Å². The van der Waals surface area contributed by atoms with Crippen LogP contribution < -0.4 is 14.2 Å². The fourth-order valence-corrected chi connectivity index (χ4v) is 6.88. The van der Waals surface area contributed by atoms with Crippen molar-refractivity contribution in [3.05, 3.63) is 69.5 Å². The lowest BCUT2D eigenvalue weighted by atomic mass is 9.45. The Morgan fingerprint density at radius 1 is 1.20 bits per heavy atom. The number of nitro groups is 1. The lowest BCUT2D eigenvalue weighted by Crippen LogP contribution is -2.69. The van der Waals surface area contributed by atoms with Crippen LogP contribution in [0.2, 0.25) is 0 Å². The first-order chi connectivity index (χ1) is 16.8. The number of hydrogen-bond donors (Lipinski definition) is 0. The van der Waals surface area contributed by atoms with Crippen LogP contribution >= 0.6 is 0 Å². The molecule has 2 aliphatic carbocycles. The smallest absolute Gasteiger partial charge is 0.493 e. The van der Waals surface area contributed by atoms with E-state index >= 15 is 0 Å². The van der Waals surface area contributed by atoms with Crippen LogP contribution in [-0.2, 0) is 16.6 Å². The third-order valence-corrected chi connectivity index (χ3v) is 8.55. The van der Waals surface area contributed by atoms with Gasteiger partial charge in [0.1, 0.15) is 11.5 Å². The molecule has 2 aromatic rings. The second kappa shape index (κ2) is 7.45. The van der Waals surface area contributed by atoms with Crippen molar-refractivity contribution in [3.8, 4) is 17.2 Å². The molecule has 9 heteroatoms. The Hall–Kier alpha value is -3.59. The fourth-order valence-electron chi connectivity index (χ4n) is 6.88. The molecule has 0 amide bonds. The molecule has 0 N–H and O–H groups in total. The summed E-state index contributed by atoms with van der Waals surface area (Å²) in [6.07, 6.45) is 3.10. The molecular weight excluding hydrogens is 452 g/mol. The summed E-state index contributed by atoms with van der Waals surface area (Å²) in [6, 6.07) is 9.71. The summed E-state index contributed by atoms with van der Waals surface area (Å²) >= 11 is 0. The van der Waals surface area contributed by atoms with Crippen molar-refractivity contribution in [2.75, 3.05) is 20.7 Å². The van der Waals surface area contributed by atoms with E-state index in [0.717, 1.165) is 31.6 Å². The maximum Gasteiger partial charge on any atom is 0.519 e. The Labute approximate surface area is 202 Å². The SMILES string of the molecule is COc1ccc2c3c1OC1C(OC(=O)Oc4ccc([N+](=O)[O-])cc4)=CC[C@@]4(C)[C@@H](C2)N(C)CC[C@]314. The second-order valence-electron chi connectivity index (χ2n) is 9.98. The second-order valence-corrected chi connectivity index (χ2v) is 9.98. The molecule has 182 valence electrons. The molecule has 0 saturated carbocycles. The van der Waals surface area contributed by atoms with Crippen LogP contribution in [0.3, 0.4) is 0 Å². The number of hydrogen-bond acceptors (Lipinski definition) is 8. The van der Waals surface area contributed by atoms with Crippen LogP contribution in [0.25, 0.3) is 0 Å². The van der Waals surface area contributed by atoms with Crippen molar-refractivity contribution in [2.45, 2.75) is 43.7 Å². The minimum Gasteiger partial charge on any atom is -0.493 e. The zero-order chi connectivity index (χ0) is 24.5. The number of piperidine rings is 1. The highest BCUT2D eigenvalue weighted by molar-refractivity contribution is 5.68. The van der Waals surface area contributed by atoms with Gasteiger partial charge >= 0.3 is 6.16 Å². The molecule has 1 unspecified atom stereocenters. The summed E-state index contributed by atoms with van der Waals surface area (Å²) < 4.78 is 23.3. The van der Waals surface area contributed by atoms with E-state index in [1.807, 2.05) is 12.1 Å². The van der Waals surface area contributed by atoms with E-state index in [2.05, 4.69) is 24.9 Å². The monoisotopic (exact) mass is 478 g/mol. The van der Waals surface area contributed by atoms with E-state index in [-0.39, 0.29) is 22.3 Å². The number of nitro benzene ring substituents is 1. The van der Waals surface area contributed by atoms with Gasteiger partial charge in [-0.05, 0) is 62.7 Å². The Kier molecular flexibility index (Phi) is 4.67. The number of non-ortho nitro benzene ring substituents is 1. The quantitative estimate of drug-likeness (QED) is 0.276. The lowest BCUT2D eigenvalue weighted by Gasteiger charge is -2.63. The summed E-state index contributed by atoms with van der Waals surface area (Å²) in [6.45, 7) is 3.24. The van der Waals surface area contributed by atoms with E-state index in [1.165, 1.54) is 35.4 Å². The van der Waals surface area contributed by atoms with Crippen LogP contribution in [0, 0.1) is 15.5 Å². The first-order valence-corrected chi connectivity index (χ1v) is 11.7. The first-order valence-electron chi connectivity index (χ1n) is 11.7. The molecule has 35 heavy (non-hydrogen) atoms. The number of methoxy groups -OCH3 is 1. The number of carbonyl (C=O) groups is 1. The van der Waals surface area contributed by atoms with E-state index in [0.29, 0.717) is 17.6 Å². The molecule has 1 saturated heterocycles. The molecule has 2 bridgehead atoms. The molecule has 0 radical (unpaired) electrons. The molecule has 4 atom stereocenters. The normalized spacial score (nSPS) is 30.0. The standard InChI is InChI=1S/C26H26N2O7/c1-25-11-10-19(34-24(29)33-17-7-5-16(6-8-17)28(30)31)23-26(25)12-13-27(2)20(25)14-15-4-9-18(32-3)22(35-23)21(15)26/h4-10,20,23H,11-14H2,1-3H3/t20-,23?,25+,26+/m1/s1. The van der Waals surface area contributed by atoms with Crippen molar-refractivity contribution in [2.24, 2.45) is 5.41 Å².